The largest absolute Gasteiger partial charge is 0.324 e. The molecular weight excluding hydrogens is 126 g/mol. The third kappa shape index (κ3) is 3.41. The normalized spacial score (nSPS) is 12.3. The highest BCUT2D eigenvalue weighted by Crippen LogP contribution is 2.06. The summed E-state index contributed by atoms with van der Waals surface area (Å²) in [4.78, 5) is 10.7. The highest BCUT2D eigenvalue weighted by Gasteiger charge is 1.98. The summed E-state index contributed by atoms with van der Waals surface area (Å²) in [6.07, 6.45) is 1.62. The van der Waals surface area contributed by atoms with Crippen LogP contribution >= 0.6 is 0 Å². The standard InChI is InChI=1S/C8H15NO/c1-6(2)7(3)4-8(10)5-9/h4,6H,5,9H2,1-3H3. The van der Waals surface area contributed by atoms with Gasteiger partial charge in [0.05, 0.1) is 6.54 Å². The summed E-state index contributed by atoms with van der Waals surface area (Å²) in [7, 11) is 0. The highest BCUT2D eigenvalue weighted by molar-refractivity contribution is 5.91. The first-order chi connectivity index (χ1) is 4.57. The van der Waals surface area contributed by atoms with E-state index in [0.717, 1.165) is 5.57 Å². The molecule has 58 valence electrons. The summed E-state index contributed by atoms with van der Waals surface area (Å²) < 4.78 is 0. The Morgan fingerprint density at radius 1 is 1.60 bits per heavy atom. The SMILES string of the molecule is CC(=CC(=O)CN)C(C)C. The average Bonchev–Trinajstić information content (AvgIpc) is 1.87. The van der Waals surface area contributed by atoms with Crippen molar-refractivity contribution in [3.05, 3.63) is 11.6 Å². The van der Waals surface area contributed by atoms with Crippen LogP contribution in [0, 0.1) is 5.92 Å². The molecular formula is C8H15NO. The van der Waals surface area contributed by atoms with E-state index in [1.165, 1.54) is 0 Å². The lowest BCUT2D eigenvalue weighted by Gasteiger charge is -2.02. The Morgan fingerprint density at radius 3 is 2.40 bits per heavy atom. The van der Waals surface area contributed by atoms with Gasteiger partial charge in [0.15, 0.2) is 5.78 Å². The summed E-state index contributed by atoms with van der Waals surface area (Å²) in [6, 6.07) is 0. The van der Waals surface area contributed by atoms with Crippen molar-refractivity contribution in [1.82, 2.24) is 0 Å². The van der Waals surface area contributed by atoms with Crippen molar-refractivity contribution in [3.8, 4) is 0 Å². The second-order valence-electron chi connectivity index (χ2n) is 2.71. The minimum atomic E-state index is 0.00574. The first-order valence-electron chi connectivity index (χ1n) is 3.49. The van der Waals surface area contributed by atoms with Crippen molar-refractivity contribution < 1.29 is 4.79 Å². The molecule has 10 heavy (non-hydrogen) atoms. The maximum atomic E-state index is 10.7. The first-order valence-corrected chi connectivity index (χ1v) is 3.49. The van der Waals surface area contributed by atoms with Crippen LogP contribution in [0.25, 0.3) is 0 Å². The van der Waals surface area contributed by atoms with E-state index in [2.05, 4.69) is 13.8 Å². The molecule has 0 amide bonds. The molecule has 0 aliphatic carbocycles. The van der Waals surface area contributed by atoms with E-state index in [0.29, 0.717) is 5.92 Å². The van der Waals surface area contributed by atoms with Gasteiger partial charge in [-0.25, -0.2) is 0 Å². The molecule has 0 aromatic rings. The molecule has 2 N–H and O–H groups in total. The zero-order valence-electron chi connectivity index (χ0n) is 6.85. The summed E-state index contributed by atoms with van der Waals surface area (Å²) in [5, 5.41) is 0. The van der Waals surface area contributed by atoms with Crippen LogP contribution in [0.4, 0.5) is 0 Å². The number of hydrogen-bond acceptors (Lipinski definition) is 2. The second-order valence-corrected chi connectivity index (χ2v) is 2.71. The molecule has 0 spiro atoms. The summed E-state index contributed by atoms with van der Waals surface area (Å²) >= 11 is 0. The van der Waals surface area contributed by atoms with Crippen LogP contribution in [0.2, 0.25) is 0 Å². The zero-order chi connectivity index (χ0) is 8.15. The molecule has 0 unspecified atom stereocenters. The molecule has 0 aromatic carbocycles. The number of allylic oxidation sites excluding steroid dienone is 1. The Kier molecular flexibility index (Phi) is 3.96. The quantitative estimate of drug-likeness (QED) is 0.598. The van der Waals surface area contributed by atoms with Gasteiger partial charge >= 0.3 is 0 Å². The minimum absolute atomic E-state index is 0.00574. The predicted octanol–water partition coefficient (Wildman–Crippen LogP) is 1.12. The van der Waals surface area contributed by atoms with Gasteiger partial charge in [-0.1, -0.05) is 19.4 Å². The number of carbonyl (C=O) groups excluding carboxylic acids is 1. The van der Waals surface area contributed by atoms with Crippen LogP contribution in [0.15, 0.2) is 11.6 Å². The molecule has 0 saturated carbocycles. The molecule has 0 rings (SSSR count). The fraction of sp³-hybridized carbons (Fsp3) is 0.625. The minimum Gasteiger partial charge on any atom is -0.324 e. The number of nitrogens with two attached hydrogens (primary N) is 1. The second kappa shape index (κ2) is 4.23. The monoisotopic (exact) mass is 141 g/mol. The van der Waals surface area contributed by atoms with Gasteiger partial charge in [0.2, 0.25) is 0 Å². The maximum Gasteiger partial charge on any atom is 0.169 e. The molecule has 0 bridgehead atoms. The van der Waals surface area contributed by atoms with Gasteiger partial charge in [0, 0.05) is 0 Å². The maximum absolute atomic E-state index is 10.7. The Balaban J connectivity index is 4.03. The third-order valence-electron chi connectivity index (χ3n) is 1.50. The highest BCUT2D eigenvalue weighted by atomic mass is 16.1. The Morgan fingerprint density at radius 2 is 2.10 bits per heavy atom. The molecule has 0 aliphatic heterocycles. The van der Waals surface area contributed by atoms with Crippen LogP contribution in [-0.4, -0.2) is 12.3 Å². The lowest BCUT2D eigenvalue weighted by molar-refractivity contribution is -0.113. The van der Waals surface area contributed by atoms with E-state index in [4.69, 9.17) is 5.73 Å². The fourth-order valence-electron chi connectivity index (χ4n) is 0.480. The van der Waals surface area contributed by atoms with Gasteiger partial charge in [-0.05, 0) is 18.9 Å². The Labute approximate surface area is 62.1 Å². The fourth-order valence-corrected chi connectivity index (χ4v) is 0.480. The smallest absolute Gasteiger partial charge is 0.169 e. The van der Waals surface area contributed by atoms with E-state index in [1.807, 2.05) is 6.92 Å². The number of rotatable bonds is 3. The third-order valence-corrected chi connectivity index (χ3v) is 1.50. The predicted molar refractivity (Wildman–Crippen MR) is 42.7 cm³/mol. The van der Waals surface area contributed by atoms with Crippen LogP contribution in [-0.2, 0) is 4.79 Å². The average molecular weight is 141 g/mol. The molecule has 0 aliphatic rings. The van der Waals surface area contributed by atoms with Gasteiger partial charge in [-0.2, -0.15) is 0 Å². The van der Waals surface area contributed by atoms with Gasteiger partial charge in [-0.3, -0.25) is 4.79 Å². The van der Waals surface area contributed by atoms with Crippen LogP contribution < -0.4 is 5.73 Å². The molecule has 2 nitrogen and oxygen atoms in total. The van der Waals surface area contributed by atoms with Crippen LogP contribution in [0.3, 0.4) is 0 Å². The Hall–Kier alpha value is -0.630. The van der Waals surface area contributed by atoms with Crippen molar-refractivity contribution in [2.24, 2.45) is 11.7 Å². The van der Waals surface area contributed by atoms with Gasteiger partial charge in [0.25, 0.3) is 0 Å². The van der Waals surface area contributed by atoms with Crippen molar-refractivity contribution in [3.63, 3.8) is 0 Å². The first kappa shape index (κ1) is 9.37. The van der Waals surface area contributed by atoms with E-state index in [9.17, 15) is 4.79 Å². The summed E-state index contributed by atoms with van der Waals surface area (Å²) in [6.45, 7) is 6.16. The van der Waals surface area contributed by atoms with Gasteiger partial charge in [0.1, 0.15) is 0 Å². The van der Waals surface area contributed by atoms with Crippen LogP contribution in [0.5, 0.6) is 0 Å². The number of hydrogen-bond donors (Lipinski definition) is 1. The molecule has 0 saturated heterocycles. The van der Waals surface area contributed by atoms with Crippen molar-refractivity contribution in [1.29, 1.82) is 0 Å². The molecule has 2 heteroatoms. The number of carbonyl (C=O) groups is 1. The lowest BCUT2D eigenvalue weighted by Crippen LogP contribution is -2.11. The van der Waals surface area contributed by atoms with E-state index in [1.54, 1.807) is 6.08 Å². The molecule has 0 radical (unpaired) electrons. The number of ketones is 1. The molecule has 0 atom stereocenters. The summed E-state index contributed by atoms with van der Waals surface area (Å²) in [5.74, 6) is 0.446. The van der Waals surface area contributed by atoms with Crippen LogP contribution in [0.1, 0.15) is 20.8 Å². The molecule has 0 fully saturated rings. The molecule has 0 aromatic heterocycles. The zero-order valence-corrected chi connectivity index (χ0v) is 6.85. The lowest BCUT2D eigenvalue weighted by atomic mass is 10.0. The van der Waals surface area contributed by atoms with E-state index < -0.39 is 0 Å². The van der Waals surface area contributed by atoms with Gasteiger partial charge < -0.3 is 5.73 Å². The van der Waals surface area contributed by atoms with Crippen molar-refractivity contribution >= 4 is 5.78 Å². The van der Waals surface area contributed by atoms with Crippen molar-refractivity contribution in [2.75, 3.05) is 6.54 Å². The van der Waals surface area contributed by atoms with E-state index in [-0.39, 0.29) is 12.3 Å². The van der Waals surface area contributed by atoms with Crippen molar-refractivity contribution in [2.45, 2.75) is 20.8 Å². The summed E-state index contributed by atoms with van der Waals surface area (Å²) in [5.41, 5.74) is 6.22. The molecule has 0 heterocycles. The Bertz CT molecular complexity index is 147. The van der Waals surface area contributed by atoms with E-state index >= 15 is 0 Å². The van der Waals surface area contributed by atoms with Gasteiger partial charge in [-0.15, -0.1) is 0 Å². The topological polar surface area (TPSA) is 43.1 Å².